The number of rotatable bonds is 12. The zero-order valence-corrected chi connectivity index (χ0v) is 34.3. The summed E-state index contributed by atoms with van der Waals surface area (Å²) in [6, 6.07) is 10.5. The lowest BCUT2D eigenvalue weighted by molar-refractivity contribution is -0.155. The van der Waals surface area contributed by atoms with Crippen molar-refractivity contribution in [2.75, 3.05) is 18.4 Å². The number of thiophene rings is 1. The smallest absolute Gasteiger partial charge is 0.308 e. The number of hydrogen-bond donors (Lipinski definition) is 3. The molecule has 3 aliphatic rings. The summed E-state index contributed by atoms with van der Waals surface area (Å²) in [7, 11) is 0. The fourth-order valence-electron chi connectivity index (χ4n) is 7.37. The molecule has 2 aromatic heterocycles. The topological polar surface area (TPSA) is 194 Å². The van der Waals surface area contributed by atoms with Gasteiger partial charge in [0.2, 0.25) is 11.8 Å². The van der Waals surface area contributed by atoms with Crippen LogP contribution in [0.5, 0.6) is 0 Å². The van der Waals surface area contributed by atoms with Gasteiger partial charge < -0.3 is 15.4 Å². The van der Waals surface area contributed by atoms with E-state index in [1.54, 1.807) is 30.3 Å². The molecule has 4 aromatic rings. The number of piperidine rings is 1. The van der Waals surface area contributed by atoms with Crippen LogP contribution in [0.25, 0.3) is 5.00 Å². The summed E-state index contributed by atoms with van der Waals surface area (Å²) < 4.78 is 7.52. The van der Waals surface area contributed by atoms with Gasteiger partial charge >= 0.3 is 5.97 Å². The summed E-state index contributed by atoms with van der Waals surface area (Å²) in [4.78, 5) is 84.1. The van der Waals surface area contributed by atoms with Gasteiger partial charge in [-0.2, -0.15) is 0 Å². The number of carbonyl (C=O) groups excluding carboxylic acids is 6. The average molecular weight is 827 g/mol. The molecule has 15 nitrogen and oxygen atoms in total. The summed E-state index contributed by atoms with van der Waals surface area (Å²) >= 11 is 7.57. The molecule has 5 amide bonds. The first-order chi connectivity index (χ1) is 27.6. The number of anilines is 1. The molecule has 0 aliphatic carbocycles. The monoisotopic (exact) mass is 826 g/mol. The molecule has 3 aliphatic heterocycles. The predicted octanol–water partition coefficient (Wildman–Crippen LogP) is 5.64. The third-order valence-corrected chi connectivity index (χ3v) is 11.6. The second-order valence-electron chi connectivity index (χ2n) is 15.4. The van der Waals surface area contributed by atoms with Gasteiger partial charge in [0.1, 0.15) is 28.5 Å². The molecule has 58 heavy (non-hydrogen) atoms. The molecule has 2 aromatic carbocycles. The lowest BCUT2D eigenvalue weighted by Gasteiger charge is -2.27. The van der Waals surface area contributed by atoms with Gasteiger partial charge in [0, 0.05) is 41.3 Å². The Kier molecular flexibility index (Phi) is 11.3. The van der Waals surface area contributed by atoms with Crippen LogP contribution >= 0.6 is 22.9 Å². The van der Waals surface area contributed by atoms with Crippen molar-refractivity contribution in [3.63, 3.8) is 0 Å². The highest BCUT2D eigenvalue weighted by Gasteiger charge is 2.45. The number of hydrogen-bond acceptors (Lipinski definition) is 12. The summed E-state index contributed by atoms with van der Waals surface area (Å²) in [6.07, 6.45) is 2.23. The number of benzene rings is 2. The second kappa shape index (κ2) is 16.3. The molecule has 17 heteroatoms. The first-order valence-electron chi connectivity index (χ1n) is 19.1. The number of nitrogens with one attached hydrogen (secondary N) is 3. The van der Waals surface area contributed by atoms with Crippen LogP contribution in [0.2, 0.25) is 5.02 Å². The van der Waals surface area contributed by atoms with Crippen molar-refractivity contribution in [2.45, 2.75) is 90.8 Å². The van der Waals surface area contributed by atoms with Crippen molar-refractivity contribution >= 4 is 69.8 Å². The van der Waals surface area contributed by atoms with Crippen molar-refractivity contribution in [2.24, 2.45) is 4.99 Å². The Morgan fingerprint density at radius 1 is 0.966 bits per heavy atom. The van der Waals surface area contributed by atoms with Crippen molar-refractivity contribution in [1.29, 1.82) is 0 Å². The quantitative estimate of drug-likeness (QED) is 0.0915. The highest BCUT2D eigenvalue weighted by molar-refractivity contribution is 7.17. The lowest BCUT2D eigenvalue weighted by Crippen LogP contribution is -2.54. The Bertz CT molecular complexity index is 2380. The van der Waals surface area contributed by atoms with E-state index in [-0.39, 0.29) is 36.3 Å². The summed E-state index contributed by atoms with van der Waals surface area (Å²) in [5.74, 6) is -1.80. The van der Waals surface area contributed by atoms with Crippen LogP contribution in [-0.2, 0) is 19.1 Å². The fourth-order valence-corrected chi connectivity index (χ4v) is 8.78. The minimum absolute atomic E-state index is 0.0489. The zero-order chi connectivity index (χ0) is 41.5. The first-order valence-corrected chi connectivity index (χ1v) is 20.3. The highest BCUT2D eigenvalue weighted by Crippen LogP contribution is 2.40. The van der Waals surface area contributed by atoms with Gasteiger partial charge in [0.05, 0.1) is 28.1 Å². The van der Waals surface area contributed by atoms with Gasteiger partial charge in [0.25, 0.3) is 17.7 Å². The summed E-state index contributed by atoms with van der Waals surface area (Å²) in [5.41, 5.74) is 3.08. The number of imide groups is 2. The Hall–Kier alpha value is -5.74. The summed E-state index contributed by atoms with van der Waals surface area (Å²) in [5, 5.41) is 18.6. The molecule has 0 radical (unpaired) electrons. The van der Waals surface area contributed by atoms with Crippen LogP contribution in [0.1, 0.15) is 124 Å². The molecular weight excluding hydrogens is 784 g/mol. The van der Waals surface area contributed by atoms with Crippen molar-refractivity contribution < 1.29 is 33.5 Å². The van der Waals surface area contributed by atoms with E-state index in [0.717, 1.165) is 33.0 Å². The average Bonchev–Trinajstić information content (AvgIpc) is 3.76. The van der Waals surface area contributed by atoms with E-state index >= 15 is 0 Å². The standard InChI is InChI=1S/C41H43ClN8O7S/c1-21-31-33(23-12-14-24(42)15-13-23)45-27(20-30(52)57-41(3,4)5)35-48-47-22(2)49(35)40(31)58-34(21)37(54)44-19-8-6-7-18-43-26-11-9-10-25-32(26)39(56)50(38(25)55)28-16-17-29(51)46-36(28)53/h9-15,27-28,43H,6-8,16-20H2,1-5H3,(H,44,54)(H,46,51,53)/t27-,28?/m0/s1. The number of amides is 5. The SMILES string of the molecule is Cc1c(C(=O)NCCCCCNc2cccc3c2C(=O)N(C2CCC(=O)NC2=O)C3=O)sc2c1C(c1ccc(Cl)cc1)=N[C@@H](CC(=O)OC(C)(C)C)c1nnc(C)n1-2. The predicted molar refractivity (Wildman–Crippen MR) is 217 cm³/mol. The molecule has 5 heterocycles. The first kappa shape index (κ1) is 40.5. The number of ether oxygens (including phenoxy) is 1. The van der Waals surface area contributed by atoms with Crippen LogP contribution in [-0.4, -0.2) is 85.6 Å². The fraction of sp³-hybridized carbons (Fsp3) is 0.390. The van der Waals surface area contributed by atoms with Gasteiger partial charge in [-0.25, -0.2) is 0 Å². The molecule has 0 spiro atoms. The number of nitrogens with zero attached hydrogens (tertiary/aromatic N) is 5. The number of fused-ring (bicyclic) bond motifs is 4. The van der Waals surface area contributed by atoms with E-state index in [0.29, 0.717) is 58.9 Å². The van der Waals surface area contributed by atoms with E-state index in [4.69, 9.17) is 21.3 Å². The maximum Gasteiger partial charge on any atom is 0.308 e. The van der Waals surface area contributed by atoms with Crippen LogP contribution < -0.4 is 16.0 Å². The number of aryl methyl sites for hydroxylation is 1. The van der Waals surface area contributed by atoms with Crippen LogP contribution in [0.15, 0.2) is 47.5 Å². The molecule has 7 rings (SSSR count). The molecule has 1 fully saturated rings. The second-order valence-corrected chi connectivity index (χ2v) is 16.8. The largest absolute Gasteiger partial charge is 0.460 e. The third kappa shape index (κ3) is 8.03. The van der Waals surface area contributed by atoms with E-state index in [9.17, 15) is 28.8 Å². The molecule has 2 atom stereocenters. The summed E-state index contributed by atoms with van der Waals surface area (Å²) in [6.45, 7) is 10.1. The Morgan fingerprint density at radius 3 is 2.43 bits per heavy atom. The normalized spacial score (nSPS) is 17.6. The van der Waals surface area contributed by atoms with Crippen molar-refractivity contribution in [3.05, 3.63) is 91.8 Å². The Labute approximate surface area is 343 Å². The number of esters is 1. The molecule has 302 valence electrons. The minimum atomic E-state index is -1.03. The molecular formula is C41H43ClN8O7S. The number of unbranched alkanes of at least 4 members (excludes halogenated alkanes) is 2. The van der Waals surface area contributed by atoms with Gasteiger partial charge in [0.15, 0.2) is 5.82 Å². The van der Waals surface area contributed by atoms with E-state index in [2.05, 4.69) is 26.1 Å². The maximum atomic E-state index is 13.8. The van der Waals surface area contributed by atoms with Gasteiger partial charge in [-0.3, -0.25) is 48.5 Å². The van der Waals surface area contributed by atoms with Crippen LogP contribution in [0.4, 0.5) is 5.69 Å². The van der Waals surface area contributed by atoms with Crippen molar-refractivity contribution in [1.82, 2.24) is 30.3 Å². The van der Waals surface area contributed by atoms with E-state index in [1.807, 2.05) is 51.3 Å². The Balaban J connectivity index is 1.01. The minimum Gasteiger partial charge on any atom is -0.460 e. The lowest BCUT2D eigenvalue weighted by atomic mass is 9.99. The van der Waals surface area contributed by atoms with E-state index in [1.165, 1.54) is 11.3 Å². The van der Waals surface area contributed by atoms with E-state index < -0.39 is 47.3 Å². The molecule has 0 bridgehead atoms. The van der Waals surface area contributed by atoms with Gasteiger partial charge in [-0.1, -0.05) is 29.8 Å². The van der Waals surface area contributed by atoms with Gasteiger partial charge in [-0.05, 0) is 90.1 Å². The number of aromatic nitrogens is 3. The van der Waals surface area contributed by atoms with Crippen LogP contribution in [0.3, 0.4) is 0 Å². The molecule has 3 N–H and O–H groups in total. The molecule has 0 saturated carbocycles. The van der Waals surface area contributed by atoms with Crippen LogP contribution in [0, 0.1) is 13.8 Å². The highest BCUT2D eigenvalue weighted by atomic mass is 35.5. The zero-order valence-electron chi connectivity index (χ0n) is 32.7. The maximum absolute atomic E-state index is 13.8. The molecule has 1 saturated heterocycles. The molecule has 1 unspecified atom stereocenters. The van der Waals surface area contributed by atoms with Crippen molar-refractivity contribution in [3.8, 4) is 5.00 Å². The number of aliphatic imine (C=N–C) groups is 1. The third-order valence-electron chi connectivity index (χ3n) is 10.0. The van der Waals surface area contributed by atoms with Gasteiger partial charge in [-0.15, -0.1) is 21.5 Å². The Morgan fingerprint density at radius 2 is 1.71 bits per heavy atom. The number of carbonyl (C=O) groups is 6. The number of halogens is 1.